The first-order valence-electron chi connectivity index (χ1n) is 8.58. The number of carbonyl (C=O) groups excluding carboxylic acids is 1. The second-order valence-electron chi connectivity index (χ2n) is 7.42. The Labute approximate surface area is 147 Å². The highest BCUT2D eigenvalue weighted by molar-refractivity contribution is 6.09. The third-order valence-electron chi connectivity index (χ3n) is 4.74. The van der Waals surface area contributed by atoms with E-state index in [1.54, 1.807) is 0 Å². The summed E-state index contributed by atoms with van der Waals surface area (Å²) in [7, 11) is 0. The van der Waals surface area contributed by atoms with Gasteiger partial charge in [0.05, 0.1) is 5.71 Å². The second-order valence-corrected chi connectivity index (χ2v) is 7.42. The van der Waals surface area contributed by atoms with E-state index in [9.17, 15) is 10.0 Å². The summed E-state index contributed by atoms with van der Waals surface area (Å²) in [5, 5.41) is 15.7. The van der Waals surface area contributed by atoms with Crippen LogP contribution in [0.4, 0.5) is 5.69 Å². The Morgan fingerprint density at radius 3 is 2.56 bits per heavy atom. The molecule has 1 aromatic heterocycles. The minimum absolute atomic E-state index is 0.0669. The van der Waals surface area contributed by atoms with E-state index in [1.807, 2.05) is 31.2 Å². The van der Waals surface area contributed by atoms with Gasteiger partial charge in [0.2, 0.25) is 0 Å². The molecular formula is C20H24N2O3. The summed E-state index contributed by atoms with van der Waals surface area (Å²) in [4.78, 5) is 12.7. The molecule has 0 unspecified atom stereocenters. The first-order chi connectivity index (χ1) is 11.8. The molecular weight excluding hydrogens is 316 g/mol. The summed E-state index contributed by atoms with van der Waals surface area (Å²) < 4.78 is 5.88. The van der Waals surface area contributed by atoms with Crippen molar-refractivity contribution >= 4 is 17.3 Å². The predicted molar refractivity (Wildman–Crippen MR) is 97.6 cm³/mol. The molecule has 1 aliphatic rings. The largest absolute Gasteiger partial charge is 0.455 e. The van der Waals surface area contributed by atoms with Crippen molar-refractivity contribution in [1.29, 1.82) is 0 Å². The third-order valence-corrected chi connectivity index (χ3v) is 4.74. The van der Waals surface area contributed by atoms with Crippen molar-refractivity contribution in [1.82, 2.24) is 0 Å². The van der Waals surface area contributed by atoms with Gasteiger partial charge in [-0.2, -0.15) is 0 Å². The van der Waals surface area contributed by atoms with Crippen molar-refractivity contribution in [2.24, 2.45) is 10.6 Å². The average Bonchev–Trinajstić information content (AvgIpc) is 2.90. The molecule has 0 saturated heterocycles. The molecule has 0 saturated carbocycles. The molecule has 5 heteroatoms. The molecule has 132 valence electrons. The zero-order valence-electron chi connectivity index (χ0n) is 15.1. The number of anilines is 1. The molecule has 3 rings (SSSR count). The first kappa shape index (κ1) is 17.3. The highest BCUT2D eigenvalue weighted by Gasteiger charge is 2.36. The number of fused-ring (bicyclic) bond motifs is 1. The molecule has 1 amide bonds. The quantitative estimate of drug-likeness (QED) is 0.635. The summed E-state index contributed by atoms with van der Waals surface area (Å²) in [6, 6.07) is 7.76. The number of hydrogen-bond acceptors (Lipinski definition) is 4. The monoisotopic (exact) mass is 340 g/mol. The van der Waals surface area contributed by atoms with Crippen LogP contribution in [0.1, 0.15) is 60.2 Å². The van der Waals surface area contributed by atoms with E-state index in [1.165, 1.54) is 5.56 Å². The molecule has 1 aromatic carbocycles. The van der Waals surface area contributed by atoms with E-state index in [-0.39, 0.29) is 17.1 Å². The Morgan fingerprint density at radius 2 is 1.96 bits per heavy atom. The lowest BCUT2D eigenvalue weighted by Gasteiger charge is -2.28. The number of furan rings is 1. The van der Waals surface area contributed by atoms with E-state index in [0.717, 1.165) is 23.2 Å². The van der Waals surface area contributed by atoms with Gasteiger partial charge in [0.15, 0.2) is 5.76 Å². The van der Waals surface area contributed by atoms with E-state index >= 15 is 0 Å². The van der Waals surface area contributed by atoms with Gasteiger partial charge in [-0.25, -0.2) is 0 Å². The Bertz CT molecular complexity index is 829. The molecule has 5 nitrogen and oxygen atoms in total. The minimum Gasteiger partial charge on any atom is -0.455 e. The average molecular weight is 340 g/mol. The zero-order valence-corrected chi connectivity index (χ0v) is 15.1. The summed E-state index contributed by atoms with van der Waals surface area (Å²) in [6.45, 7) is 8.11. The number of hydrogen-bond donors (Lipinski definition) is 2. The van der Waals surface area contributed by atoms with Crippen molar-refractivity contribution in [3.8, 4) is 0 Å². The van der Waals surface area contributed by atoms with Crippen molar-refractivity contribution in [2.75, 3.05) is 5.32 Å². The van der Waals surface area contributed by atoms with Gasteiger partial charge in [-0.15, -0.1) is 0 Å². The smallest absolute Gasteiger partial charge is 0.291 e. The number of aryl methyl sites for hydroxylation is 1. The number of benzene rings is 1. The fourth-order valence-electron chi connectivity index (χ4n) is 3.43. The molecule has 25 heavy (non-hydrogen) atoms. The van der Waals surface area contributed by atoms with Gasteiger partial charge in [0.25, 0.3) is 5.91 Å². The van der Waals surface area contributed by atoms with E-state index in [0.29, 0.717) is 24.3 Å². The van der Waals surface area contributed by atoms with Crippen molar-refractivity contribution in [2.45, 2.75) is 47.0 Å². The molecule has 0 aliphatic heterocycles. The Balaban J connectivity index is 1.90. The van der Waals surface area contributed by atoms with Crippen LogP contribution in [-0.2, 0) is 12.8 Å². The number of oxime groups is 1. The van der Waals surface area contributed by atoms with Crippen molar-refractivity contribution in [3.63, 3.8) is 0 Å². The fraction of sp³-hybridized carbons (Fsp3) is 0.400. The van der Waals surface area contributed by atoms with Gasteiger partial charge in [-0.1, -0.05) is 38.1 Å². The molecule has 0 fully saturated rings. The third kappa shape index (κ3) is 3.31. The summed E-state index contributed by atoms with van der Waals surface area (Å²) in [6.07, 6.45) is 2.31. The topological polar surface area (TPSA) is 74.8 Å². The zero-order chi connectivity index (χ0) is 18.2. The van der Waals surface area contributed by atoms with Crippen LogP contribution in [0.5, 0.6) is 0 Å². The minimum atomic E-state index is -0.286. The molecule has 2 N–H and O–H groups in total. The molecule has 0 radical (unpaired) electrons. The molecule has 1 aliphatic carbocycles. The lowest BCUT2D eigenvalue weighted by molar-refractivity contribution is 0.0993. The molecule has 0 bridgehead atoms. The van der Waals surface area contributed by atoms with Crippen LogP contribution in [0, 0.1) is 12.3 Å². The summed E-state index contributed by atoms with van der Waals surface area (Å²) in [5.74, 6) is 0.711. The van der Waals surface area contributed by atoms with Crippen LogP contribution in [0.2, 0.25) is 0 Å². The number of nitrogens with one attached hydrogen (secondary N) is 1. The first-order valence-corrected chi connectivity index (χ1v) is 8.58. The second kappa shape index (κ2) is 6.39. The van der Waals surface area contributed by atoms with Gasteiger partial charge in [0, 0.05) is 23.2 Å². The molecule has 1 heterocycles. The lowest BCUT2D eigenvalue weighted by Crippen LogP contribution is -2.27. The van der Waals surface area contributed by atoms with Gasteiger partial charge < -0.3 is 14.9 Å². The number of carbonyl (C=O) groups is 1. The number of amides is 1. The maximum atomic E-state index is 12.7. The van der Waals surface area contributed by atoms with Gasteiger partial charge in [-0.3, -0.25) is 4.79 Å². The maximum Gasteiger partial charge on any atom is 0.291 e. The number of nitrogens with zero attached hydrogens (tertiary/aromatic N) is 1. The van der Waals surface area contributed by atoms with E-state index in [4.69, 9.17) is 4.42 Å². The standard InChI is InChI=1S/C20H24N2O3/c1-5-13-6-8-14(9-7-13)21-19(23)18-12(2)17-15(22-24)10-20(3,4)11-16(17)25-18/h6-9,24H,5,10-11H2,1-4H3,(H,21,23)/b22-15-. The summed E-state index contributed by atoms with van der Waals surface area (Å²) >= 11 is 0. The van der Waals surface area contributed by atoms with Crippen LogP contribution in [0.25, 0.3) is 0 Å². The highest BCUT2D eigenvalue weighted by Crippen LogP contribution is 2.38. The van der Waals surface area contributed by atoms with Gasteiger partial charge >= 0.3 is 0 Å². The van der Waals surface area contributed by atoms with Crippen LogP contribution >= 0.6 is 0 Å². The SMILES string of the molecule is CCc1ccc(NC(=O)c2oc3c(c2C)/C(=N\O)CC(C)(C)C3)cc1. The lowest BCUT2D eigenvalue weighted by atomic mass is 9.75. The van der Waals surface area contributed by atoms with Gasteiger partial charge in [0.1, 0.15) is 5.76 Å². The van der Waals surface area contributed by atoms with Gasteiger partial charge in [-0.05, 0) is 42.9 Å². The van der Waals surface area contributed by atoms with Crippen LogP contribution in [0.15, 0.2) is 33.8 Å². The Hall–Kier alpha value is -2.56. The maximum absolute atomic E-state index is 12.7. The van der Waals surface area contributed by atoms with E-state index in [2.05, 4.69) is 31.2 Å². The molecule has 2 aromatic rings. The van der Waals surface area contributed by atoms with Crippen LogP contribution in [-0.4, -0.2) is 16.8 Å². The Kier molecular flexibility index (Phi) is 4.41. The molecule has 0 spiro atoms. The fourth-order valence-corrected chi connectivity index (χ4v) is 3.43. The van der Waals surface area contributed by atoms with Crippen LogP contribution in [0.3, 0.4) is 0 Å². The number of rotatable bonds is 3. The normalized spacial score (nSPS) is 17.4. The Morgan fingerprint density at radius 1 is 1.28 bits per heavy atom. The predicted octanol–water partition coefficient (Wildman–Crippen LogP) is 4.55. The van der Waals surface area contributed by atoms with Crippen molar-refractivity contribution < 1.29 is 14.4 Å². The molecule has 0 atom stereocenters. The summed E-state index contributed by atoms with van der Waals surface area (Å²) in [5.41, 5.74) is 3.96. The van der Waals surface area contributed by atoms with E-state index < -0.39 is 0 Å². The van der Waals surface area contributed by atoms with Crippen molar-refractivity contribution in [3.05, 3.63) is 52.5 Å². The van der Waals surface area contributed by atoms with Crippen LogP contribution < -0.4 is 5.32 Å². The highest BCUT2D eigenvalue weighted by atomic mass is 16.4.